The van der Waals surface area contributed by atoms with Gasteiger partial charge in [0.2, 0.25) is 5.88 Å². The second-order valence-electron chi connectivity index (χ2n) is 3.70. The number of hydrogen-bond acceptors (Lipinski definition) is 4. The van der Waals surface area contributed by atoms with Crippen LogP contribution in [0, 0.1) is 0 Å². The number of hydrogen-bond donors (Lipinski definition) is 2. The first-order valence-corrected chi connectivity index (χ1v) is 4.05. The molecule has 1 heterocycles. The summed E-state index contributed by atoms with van der Waals surface area (Å²) in [5.41, 5.74) is -1.00. The Labute approximate surface area is 80.2 Å². The molecular formula is C8H12N2O4. The Morgan fingerprint density at radius 2 is 2.21 bits per heavy atom. The number of nitrogens with one attached hydrogen (secondary N) is 2. The lowest BCUT2D eigenvalue weighted by molar-refractivity contribution is 0.0631. The van der Waals surface area contributed by atoms with Gasteiger partial charge in [-0.1, -0.05) is 0 Å². The van der Waals surface area contributed by atoms with Crippen molar-refractivity contribution in [2.45, 2.75) is 26.4 Å². The van der Waals surface area contributed by atoms with Crippen LogP contribution < -0.4 is 10.9 Å². The van der Waals surface area contributed by atoms with E-state index in [1.54, 1.807) is 20.8 Å². The highest BCUT2D eigenvalue weighted by Crippen LogP contribution is 2.09. The zero-order chi connectivity index (χ0) is 10.8. The van der Waals surface area contributed by atoms with Gasteiger partial charge in [0.15, 0.2) is 0 Å². The standard InChI is InChI=1S/C8H12N2O4/c1-8(2,3)13-7(12)9-6-4-5(11)10-14-6/h4H,1-3H3,(H,9,12)(H,10,11). The molecule has 0 saturated carbocycles. The van der Waals surface area contributed by atoms with Gasteiger partial charge in [-0.15, -0.1) is 0 Å². The van der Waals surface area contributed by atoms with Crippen molar-refractivity contribution in [2.24, 2.45) is 0 Å². The Balaban J connectivity index is 2.54. The third-order valence-corrected chi connectivity index (χ3v) is 1.15. The van der Waals surface area contributed by atoms with E-state index in [1.165, 1.54) is 0 Å². The molecule has 1 rings (SSSR count). The van der Waals surface area contributed by atoms with Crippen LogP contribution in [0.2, 0.25) is 0 Å². The molecule has 0 aliphatic carbocycles. The molecule has 2 N–H and O–H groups in total. The van der Waals surface area contributed by atoms with Crippen LogP contribution >= 0.6 is 0 Å². The van der Waals surface area contributed by atoms with Crippen LogP contribution in [0.4, 0.5) is 10.7 Å². The van der Waals surface area contributed by atoms with Gasteiger partial charge >= 0.3 is 6.09 Å². The third-order valence-electron chi connectivity index (χ3n) is 1.15. The first-order valence-electron chi connectivity index (χ1n) is 4.05. The molecule has 6 heteroatoms. The average molecular weight is 200 g/mol. The summed E-state index contributed by atoms with van der Waals surface area (Å²) in [4.78, 5) is 21.7. The molecule has 0 radical (unpaired) electrons. The number of aromatic nitrogens is 1. The lowest BCUT2D eigenvalue weighted by atomic mass is 10.2. The molecule has 78 valence electrons. The van der Waals surface area contributed by atoms with Crippen molar-refractivity contribution in [1.82, 2.24) is 5.16 Å². The SMILES string of the molecule is CC(C)(C)OC(=O)Nc1cc(=O)[nH]o1. The number of carbonyl (C=O) groups excluding carboxylic acids is 1. The van der Waals surface area contributed by atoms with Gasteiger partial charge in [-0.25, -0.2) is 4.79 Å². The van der Waals surface area contributed by atoms with Gasteiger partial charge < -0.3 is 9.26 Å². The van der Waals surface area contributed by atoms with Crippen LogP contribution in [-0.4, -0.2) is 16.9 Å². The van der Waals surface area contributed by atoms with Crippen molar-refractivity contribution in [2.75, 3.05) is 5.32 Å². The maximum absolute atomic E-state index is 11.1. The fourth-order valence-electron chi connectivity index (χ4n) is 0.749. The van der Waals surface area contributed by atoms with Crippen molar-refractivity contribution in [1.29, 1.82) is 0 Å². The topological polar surface area (TPSA) is 84.3 Å². The van der Waals surface area contributed by atoms with Crippen molar-refractivity contribution < 1.29 is 14.1 Å². The highest BCUT2D eigenvalue weighted by Gasteiger charge is 2.17. The van der Waals surface area contributed by atoms with Crippen molar-refractivity contribution in [3.8, 4) is 0 Å². The summed E-state index contributed by atoms with van der Waals surface area (Å²) < 4.78 is 9.52. The summed E-state index contributed by atoms with van der Waals surface area (Å²) in [5.74, 6) is 0.0317. The fourth-order valence-corrected chi connectivity index (χ4v) is 0.749. The van der Waals surface area contributed by atoms with E-state index in [-0.39, 0.29) is 5.88 Å². The van der Waals surface area contributed by atoms with E-state index in [0.29, 0.717) is 0 Å². The van der Waals surface area contributed by atoms with Crippen molar-refractivity contribution in [3.05, 3.63) is 16.4 Å². The average Bonchev–Trinajstić information content (AvgIpc) is 2.30. The molecule has 0 aromatic carbocycles. The summed E-state index contributed by atoms with van der Waals surface area (Å²) in [6.45, 7) is 5.21. The predicted octanol–water partition coefficient (Wildman–Crippen LogP) is 1.31. The van der Waals surface area contributed by atoms with Gasteiger partial charge in [-0.2, -0.15) is 5.16 Å². The Morgan fingerprint density at radius 3 is 2.64 bits per heavy atom. The van der Waals surface area contributed by atoms with Crippen LogP contribution in [0.15, 0.2) is 15.4 Å². The van der Waals surface area contributed by atoms with Gasteiger partial charge in [0.1, 0.15) is 5.60 Å². The Kier molecular flexibility index (Phi) is 2.64. The molecule has 1 amide bonds. The van der Waals surface area contributed by atoms with Crippen LogP contribution in [0.25, 0.3) is 0 Å². The van der Waals surface area contributed by atoms with E-state index >= 15 is 0 Å². The molecule has 0 spiro atoms. The minimum atomic E-state index is -0.666. The van der Waals surface area contributed by atoms with Gasteiger partial charge in [0.05, 0.1) is 6.07 Å². The minimum absolute atomic E-state index is 0.0317. The number of rotatable bonds is 1. The summed E-state index contributed by atoms with van der Waals surface area (Å²) in [7, 11) is 0. The third kappa shape index (κ3) is 3.34. The molecule has 0 fully saturated rings. The zero-order valence-electron chi connectivity index (χ0n) is 8.21. The van der Waals surface area contributed by atoms with E-state index in [0.717, 1.165) is 6.07 Å². The zero-order valence-corrected chi connectivity index (χ0v) is 8.21. The molecule has 14 heavy (non-hydrogen) atoms. The van der Waals surface area contributed by atoms with E-state index in [9.17, 15) is 9.59 Å². The Hall–Kier alpha value is -1.72. The highest BCUT2D eigenvalue weighted by atomic mass is 16.6. The van der Waals surface area contributed by atoms with Gasteiger partial charge in [0, 0.05) is 0 Å². The highest BCUT2D eigenvalue weighted by molar-refractivity contribution is 5.82. The maximum atomic E-state index is 11.1. The predicted molar refractivity (Wildman–Crippen MR) is 49.2 cm³/mol. The van der Waals surface area contributed by atoms with Crippen LogP contribution in [0.5, 0.6) is 0 Å². The number of anilines is 1. The summed E-state index contributed by atoms with van der Waals surface area (Å²) >= 11 is 0. The number of H-pyrrole nitrogens is 1. The molecule has 6 nitrogen and oxygen atoms in total. The molecule has 1 aromatic rings. The summed E-state index contributed by atoms with van der Waals surface area (Å²) in [5, 5.41) is 4.30. The van der Waals surface area contributed by atoms with Gasteiger partial charge in [-0.05, 0) is 20.8 Å². The molecule has 0 bridgehead atoms. The van der Waals surface area contributed by atoms with Gasteiger partial charge in [0.25, 0.3) is 5.56 Å². The second kappa shape index (κ2) is 3.57. The lowest BCUT2D eigenvalue weighted by Gasteiger charge is -2.18. The first kappa shape index (κ1) is 10.4. The minimum Gasteiger partial charge on any atom is -0.444 e. The van der Waals surface area contributed by atoms with Crippen molar-refractivity contribution in [3.63, 3.8) is 0 Å². The largest absolute Gasteiger partial charge is 0.444 e. The number of aromatic amines is 1. The fraction of sp³-hybridized carbons (Fsp3) is 0.500. The van der Waals surface area contributed by atoms with Crippen LogP contribution in [0.3, 0.4) is 0 Å². The quantitative estimate of drug-likeness (QED) is 0.715. The Morgan fingerprint density at radius 1 is 1.57 bits per heavy atom. The second-order valence-corrected chi connectivity index (χ2v) is 3.70. The number of carbonyl (C=O) groups is 1. The monoisotopic (exact) mass is 200 g/mol. The smallest absolute Gasteiger partial charge is 0.414 e. The van der Waals surface area contributed by atoms with Gasteiger partial charge in [-0.3, -0.25) is 10.1 Å². The van der Waals surface area contributed by atoms with Crippen LogP contribution in [-0.2, 0) is 4.74 Å². The van der Waals surface area contributed by atoms with E-state index < -0.39 is 17.3 Å². The summed E-state index contributed by atoms with van der Waals surface area (Å²) in [6.07, 6.45) is -0.666. The molecule has 0 aliphatic rings. The van der Waals surface area contributed by atoms with E-state index in [1.807, 2.05) is 5.16 Å². The molecule has 1 aromatic heterocycles. The molecule has 0 atom stereocenters. The molecule has 0 aliphatic heterocycles. The first-order chi connectivity index (χ1) is 6.37. The molecule has 0 unspecified atom stereocenters. The van der Waals surface area contributed by atoms with E-state index in [4.69, 9.17) is 4.74 Å². The van der Waals surface area contributed by atoms with E-state index in [2.05, 4.69) is 9.84 Å². The Bertz CT molecular complexity index is 371. The molecule has 0 saturated heterocycles. The van der Waals surface area contributed by atoms with Crippen LogP contribution in [0.1, 0.15) is 20.8 Å². The lowest BCUT2D eigenvalue weighted by Crippen LogP contribution is -2.27. The van der Waals surface area contributed by atoms with Crippen molar-refractivity contribution >= 4 is 12.0 Å². The number of amides is 1. The molecular weight excluding hydrogens is 188 g/mol. The summed E-state index contributed by atoms with van der Waals surface area (Å²) in [6, 6.07) is 1.11. The maximum Gasteiger partial charge on any atom is 0.414 e. The normalized spacial score (nSPS) is 11.1. The number of ether oxygens (including phenoxy) is 1.